The van der Waals surface area contributed by atoms with E-state index in [0.717, 1.165) is 31.6 Å². The highest BCUT2D eigenvalue weighted by Crippen LogP contribution is 2.32. The molecule has 28 heavy (non-hydrogen) atoms. The second kappa shape index (κ2) is 10.8. The van der Waals surface area contributed by atoms with Crippen LogP contribution in [0.2, 0.25) is 0 Å². The van der Waals surface area contributed by atoms with Crippen LogP contribution in [0, 0.1) is 0 Å². The molecule has 1 amide bonds. The monoisotopic (exact) mass is 413 g/mol. The molecule has 0 aliphatic carbocycles. The van der Waals surface area contributed by atoms with Gasteiger partial charge >= 0.3 is 0 Å². The molecule has 1 N–H and O–H groups in total. The number of carbonyl (C=O) groups excluding carboxylic acids is 1. The van der Waals surface area contributed by atoms with Crippen molar-refractivity contribution in [2.75, 3.05) is 63.3 Å². The van der Waals surface area contributed by atoms with E-state index in [1.165, 1.54) is 4.31 Å². The van der Waals surface area contributed by atoms with E-state index in [1.807, 2.05) is 0 Å². The SMILES string of the molecule is CCN(CC)S(=O)(=O)c1ccc(N2CCCC2)c(NC(=O)COCCOC)c1. The average molecular weight is 414 g/mol. The third-order valence-corrected chi connectivity index (χ3v) is 6.74. The normalized spacial score (nSPS) is 14.6. The van der Waals surface area contributed by atoms with Crippen molar-refractivity contribution in [3.05, 3.63) is 18.2 Å². The zero-order valence-electron chi connectivity index (χ0n) is 16.9. The van der Waals surface area contributed by atoms with E-state index in [2.05, 4.69) is 10.2 Å². The second-order valence-corrected chi connectivity index (χ2v) is 8.49. The van der Waals surface area contributed by atoms with E-state index in [0.29, 0.717) is 32.0 Å². The van der Waals surface area contributed by atoms with Gasteiger partial charge in [-0.25, -0.2) is 8.42 Å². The van der Waals surface area contributed by atoms with Crippen LogP contribution in [0.5, 0.6) is 0 Å². The summed E-state index contributed by atoms with van der Waals surface area (Å²) in [6.07, 6.45) is 2.15. The van der Waals surface area contributed by atoms with Crippen molar-refractivity contribution in [1.29, 1.82) is 0 Å². The molecule has 8 nitrogen and oxygen atoms in total. The Labute approximate surface area is 167 Å². The van der Waals surface area contributed by atoms with Gasteiger partial charge in [0.25, 0.3) is 0 Å². The van der Waals surface area contributed by atoms with Gasteiger partial charge < -0.3 is 19.7 Å². The number of amides is 1. The van der Waals surface area contributed by atoms with Crippen LogP contribution in [0.1, 0.15) is 26.7 Å². The van der Waals surface area contributed by atoms with Gasteiger partial charge in [-0.2, -0.15) is 4.31 Å². The Morgan fingerprint density at radius 2 is 1.86 bits per heavy atom. The number of rotatable bonds is 11. The van der Waals surface area contributed by atoms with Gasteiger partial charge in [-0.3, -0.25) is 4.79 Å². The maximum absolute atomic E-state index is 12.9. The fraction of sp³-hybridized carbons (Fsp3) is 0.632. The molecule has 0 unspecified atom stereocenters. The molecule has 0 spiro atoms. The first-order valence-corrected chi connectivity index (χ1v) is 11.1. The van der Waals surface area contributed by atoms with Gasteiger partial charge in [-0.1, -0.05) is 13.8 Å². The minimum Gasteiger partial charge on any atom is -0.382 e. The van der Waals surface area contributed by atoms with Gasteiger partial charge in [0, 0.05) is 33.3 Å². The standard InChI is InChI=1S/C19H31N3O5S/c1-4-22(5-2)28(24,25)16-8-9-18(21-10-6-7-11-21)17(14-16)20-19(23)15-27-13-12-26-3/h8-9,14H,4-7,10-13,15H2,1-3H3,(H,20,23). The summed E-state index contributed by atoms with van der Waals surface area (Å²) in [5.74, 6) is -0.325. The van der Waals surface area contributed by atoms with Crippen LogP contribution in [-0.2, 0) is 24.3 Å². The van der Waals surface area contributed by atoms with Crippen LogP contribution in [-0.4, -0.2) is 71.7 Å². The van der Waals surface area contributed by atoms with E-state index >= 15 is 0 Å². The number of ether oxygens (including phenoxy) is 2. The summed E-state index contributed by atoms with van der Waals surface area (Å²) in [5, 5.41) is 2.82. The summed E-state index contributed by atoms with van der Waals surface area (Å²) < 4.78 is 37.3. The molecule has 0 aromatic heterocycles. The highest BCUT2D eigenvalue weighted by molar-refractivity contribution is 7.89. The predicted octanol–water partition coefficient (Wildman–Crippen LogP) is 1.92. The van der Waals surface area contributed by atoms with Gasteiger partial charge in [-0.05, 0) is 31.0 Å². The first-order chi connectivity index (χ1) is 13.4. The topological polar surface area (TPSA) is 88.2 Å². The quantitative estimate of drug-likeness (QED) is 0.558. The minimum absolute atomic E-state index is 0.115. The van der Waals surface area contributed by atoms with Crippen LogP contribution < -0.4 is 10.2 Å². The molecule has 1 aliphatic rings. The van der Waals surface area contributed by atoms with Crippen molar-refractivity contribution in [3.8, 4) is 0 Å². The molecule has 0 radical (unpaired) electrons. The molecule has 2 rings (SSSR count). The predicted molar refractivity (Wildman–Crippen MR) is 109 cm³/mol. The number of methoxy groups -OCH3 is 1. The number of nitrogens with one attached hydrogen (secondary N) is 1. The summed E-state index contributed by atoms with van der Waals surface area (Å²) >= 11 is 0. The third kappa shape index (κ3) is 5.66. The summed E-state index contributed by atoms with van der Waals surface area (Å²) in [6, 6.07) is 4.95. The zero-order chi connectivity index (χ0) is 20.6. The molecule has 0 bridgehead atoms. The van der Waals surface area contributed by atoms with Crippen molar-refractivity contribution in [2.24, 2.45) is 0 Å². The number of sulfonamides is 1. The molecular weight excluding hydrogens is 382 g/mol. The Morgan fingerprint density at radius 1 is 1.18 bits per heavy atom. The zero-order valence-corrected chi connectivity index (χ0v) is 17.8. The van der Waals surface area contributed by atoms with Gasteiger partial charge in [0.05, 0.1) is 29.5 Å². The van der Waals surface area contributed by atoms with Gasteiger partial charge in [0.1, 0.15) is 6.61 Å². The van der Waals surface area contributed by atoms with Crippen molar-refractivity contribution in [2.45, 2.75) is 31.6 Å². The maximum Gasteiger partial charge on any atom is 0.250 e. The van der Waals surface area contributed by atoms with E-state index in [1.54, 1.807) is 39.2 Å². The van der Waals surface area contributed by atoms with Crippen LogP contribution in [0.3, 0.4) is 0 Å². The van der Waals surface area contributed by atoms with Gasteiger partial charge in [-0.15, -0.1) is 0 Å². The summed E-state index contributed by atoms with van der Waals surface area (Å²) in [4.78, 5) is 14.6. The molecule has 158 valence electrons. The minimum atomic E-state index is -3.61. The van der Waals surface area contributed by atoms with E-state index in [9.17, 15) is 13.2 Å². The smallest absolute Gasteiger partial charge is 0.250 e. The first kappa shape index (κ1) is 22.6. The first-order valence-electron chi connectivity index (χ1n) is 9.69. The highest BCUT2D eigenvalue weighted by atomic mass is 32.2. The van der Waals surface area contributed by atoms with Crippen molar-refractivity contribution >= 4 is 27.3 Å². The van der Waals surface area contributed by atoms with Gasteiger partial charge in [0.15, 0.2) is 0 Å². The Kier molecular flexibility index (Phi) is 8.68. The van der Waals surface area contributed by atoms with E-state index in [-0.39, 0.29) is 17.4 Å². The number of anilines is 2. The fourth-order valence-electron chi connectivity index (χ4n) is 3.22. The Morgan fingerprint density at radius 3 is 2.46 bits per heavy atom. The lowest BCUT2D eigenvalue weighted by Gasteiger charge is -2.24. The highest BCUT2D eigenvalue weighted by Gasteiger charge is 2.25. The molecule has 0 saturated carbocycles. The lowest BCUT2D eigenvalue weighted by Crippen LogP contribution is -2.31. The summed E-state index contributed by atoms with van der Waals surface area (Å²) in [5.41, 5.74) is 1.33. The Balaban J connectivity index is 2.27. The average Bonchev–Trinajstić information content (AvgIpc) is 3.20. The van der Waals surface area contributed by atoms with Crippen LogP contribution in [0.25, 0.3) is 0 Å². The molecule has 9 heteroatoms. The maximum atomic E-state index is 12.9. The van der Waals surface area contributed by atoms with Crippen molar-refractivity contribution in [3.63, 3.8) is 0 Å². The van der Waals surface area contributed by atoms with Crippen molar-refractivity contribution < 1.29 is 22.7 Å². The third-order valence-electron chi connectivity index (χ3n) is 4.70. The Hall–Kier alpha value is -1.68. The van der Waals surface area contributed by atoms with Gasteiger partial charge in [0.2, 0.25) is 15.9 Å². The molecule has 0 atom stereocenters. The molecular formula is C19H31N3O5S. The number of nitrogens with zero attached hydrogens (tertiary/aromatic N) is 2. The number of benzene rings is 1. The Bertz CT molecular complexity index is 744. The largest absolute Gasteiger partial charge is 0.382 e. The van der Waals surface area contributed by atoms with Crippen LogP contribution >= 0.6 is 0 Å². The van der Waals surface area contributed by atoms with Crippen LogP contribution in [0.15, 0.2) is 23.1 Å². The van der Waals surface area contributed by atoms with E-state index < -0.39 is 10.0 Å². The summed E-state index contributed by atoms with van der Waals surface area (Å²) in [6.45, 7) is 6.77. The fourth-order valence-corrected chi connectivity index (χ4v) is 4.70. The molecule has 1 saturated heterocycles. The number of carbonyl (C=O) groups is 1. The van der Waals surface area contributed by atoms with Crippen molar-refractivity contribution in [1.82, 2.24) is 4.31 Å². The lowest BCUT2D eigenvalue weighted by atomic mass is 10.2. The molecule has 1 aliphatic heterocycles. The number of hydrogen-bond donors (Lipinski definition) is 1. The molecule has 1 heterocycles. The van der Waals surface area contributed by atoms with E-state index in [4.69, 9.17) is 9.47 Å². The summed E-state index contributed by atoms with van der Waals surface area (Å²) in [7, 11) is -2.05. The molecule has 1 fully saturated rings. The number of hydrogen-bond acceptors (Lipinski definition) is 6. The lowest BCUT2D eigenvalue weighted by molar-refractivity contribution is -0.121. The molecule has 1 aromatic rings. The van der Waals surface area contributed by atoms with Crippen LogP contribution in [0.4, 0.5) is 11.4 Å². The second-order valence-electron chi connectivity index (χ2n) is 6.56. The molecule has 1 aromatic carbocycles.